The van der Waals surface area contributed by atoms with Gasteiger partial charge in [-0.25, -0.2) is 0 Å². The van der Waals surface area contributed by atoms with E-state index in [-0.39, 0.29) is 5.91 Å². The number of carbonyl (C=O) groups is 1. The van der Waals surface area contributed by atoms with Gasteiger partial charge in [0.2, 0.25) is 0 Å². The van der Waals surface area contributed by atoms with Crippen LogP contribution < -0.4 is 14.4 Å². The SMILES string of the molecule is COc1ccc(OC)c(/C=C2/SC(=S)N(c3ccccc3C)C2=O)c1. The van der Waals surface area contributed by atoms with Crippen LogP contribution in [0, 0.1) is 6.92 Å². The number of para-hydroxylation sites is 1. The maximum Gasteiger partial charge on any atom is 0.270 e. The van der Waals surface area contributed by atoms with Gasteiger partial charge < -0.3 is 9.47 Å². The smallest absolute Gasteiger partial charge is 0.270 e. The number of hydrogen-bond acceptors (Lipinski definition) is 5. The molecule has 2 aromatic carbocycles. The molecule has 0 N–H and O–H groups in total. The van der Waals surface area contributed by atoms with Crippen LogP contribution in [0.1, 0.15) is 11.1 Å². The summed E-state index contributed by atoms with van der Waals surface area (Å²) in [4.78, 5) is 15.0. The standard InChI is InChI=1S/C19H17NO3S2/c1-12-6-4-5-7-15(12)20-18(21)17(25-19(20)24)11-13-10-14(22-2)8-9-16(13)23-3/h4-11H,1-3H3/b17-11+. The van der Waals surface area contributed by atoms with Crippen molar-refractivity contribution in [1.29, 1.82) is 0 Å². The van der Waals surface area contributed by atoms with Gasteiger partial charge in [0.15, 0.2) is 4.32 Å². The van der Waals surface area contributed by atoms with E-state index in [1.165, 1.54) is 11.8 Å². The molecule has 1 fully saturated rings. The Balaban J connectivity index is 2.00. The average molecular weight is 371 g/mol. The molecule has 128 valence electrons. The van der Waals surface area contributed by atoms with Crippen LogP contribution in [0.25, 0.3) is 6.08 Å². The van der Waals surface area contributed by atoms with Crippen LogP contribution in [-0.4, -0.2) is 24.4 Å². The Morgan fingerprint density at radius 3 is 2.56 bits per heavy atom. The molecule has 0 spiro atoms. The molecule has 0 radical (unpaired) electrons. The number of amides is 1. The molecule has 1 heterocycles. The lowest BCUT2D eigenvalue weighted by molar-refractivity contribution is -0.113. The maximum absolute atomic E-state index is 12.9. The summed E-state index contributed by atoms with van der Waals surface area (Å²) in [5, 5.41) is 0. The van der Waals surface area contributed by atoms with Gasteiger partial charge in [-0.3, -0.25) is 9.69 Å². The third-order valence-corrected chi connectivity index (χ3v) is 5.18. The van der Waals surface area contributed by atoms with E-state index in [0.717, 1.165) is 16.8 Å². The van der Waals surface area contributed by atoms with Crippen molar-refractivity contribution in [3.8, 4) is 11.5 Å². The number of aryl methyl sites for hydroxylation is 1. The summed E-state index contributed by atoms with van der Waals surface area (Å²) in [6.07, 6.45) is 1.79. The van der Waals surface area contributed by atoms with Crippen molar-refractivity contribution < 1.29 is 14.3 Å². The molecular weight excluding hydrogens is 354 g/mol. The van der Waals surface area contributed by atoms with E-state index in [1.807, 2.05) is 49.4 Å². The quantitative estimate of drug-likeness (QED) is 0.588. The molecule has 1 aliphatic rings. The van der Waals surface area contributed by atoms with Gasteiger partial charge >= 0.3 is 0 Å². The van der Waals surface area contributed by atoms with Crippen LogP contribution in [0.15, 0.2) is 47.4 Å². The number of thioether (sulfide) groups is 1. The first-order valence-corrected chi connectivity index (χ1v) is 8.83. The largest absolute Gasteiger partial charge is 0.497 e. The Morgan fingerprint density at radius 1 is 1.12 bits per heavy atom. The Labute approximate surface area is 156 Å². The Bertz CT molecular complexity index is 877. The Morgan fingerprint density at radius 2 is 1.88 bits per heavy atom. The minimum atomic E-state index is -0.130. The number of thiocarbonyl (C=S) groups is 1. The van der Waals surface area contributed by atoms with Gasteiger partial charge in [-0.15, -0.1) is 0 Å². The topological polar surface area (TPSA) is 38.8 Å². The van der Waals surface area contributed by atoms with Gasteiger partial charge in [0.1, 0.15) is 11.5 Å². The molecule has 4 nitrogen and oxygen atoms in total. The summed E-state index contributed by atoms with van der Waals surface area (Å²) in [5.74, 6) is 1.23. The fourth-order valence-corrected chi connectivity index (χ4v) is 3.86. The molecule has 0 unspecified atom stereocenters. The summed E-state index contributed by atoms with van der Waals surface area (Å²) in [7, 11) is 3.20. The number of carbonyl (C=O) groups excluding carboxylic acids is 1. The van der Waals surface area contributed by atoms with Crippen LogP contribution in [-0.2, 0) is 4.79 Å². The van der Waals surface area contributed by atoms with Crippen molar-refractivity contribution >= 4 is 46.0 Å². The van der Waals surface area contributed by atoms with E-state index < -0.39 is 0 Å². The number of anilines is 1. The van der Waals surface area contributed by atoms with Crippen LogP contribution in [0.2, 0.25) is 0 Å². The van der Waals surface area contributed by atoms with E-state index in [4.69, 9.17) is 21.7 Å². The second kappa shape index (κ2) is 7.29. The van der Waals surface area contributed by atoms with Crippen LogP contribution in [0.4, 0.5) is 5.69 Å². The highest BCUT2D eigenvalue weighted by molar-refractivity contribution is 8.27. The lowest BCUT2D eigenvalue weighted by Crippen LogP contribution is -2.28. The second-order valence-corrected chi connectivity index (χ2v) is 7.09. The molecule has 6 heteroatoms. The van der Waals surface area contributed by atoms with Crippen LogP contribution >= 0.6 is 24.0 Å². The third kappa shape index (κ3) is 3.41. The highest BCUT2D eigenvalue weighted by Gasteiger charge is 2.34. The van der Waals surface area contributed by atoms with E-state index in [2.05, 4.69) is 0 Å². The van der Waals surface area contributed by atoms with Crippen LogP contribution in [0.3, 0.4) is 0 Å². The van der Waals surface area contributed by atoms with Crippen molar-refractivity contribution in [3.63, 3.8) is 0 Å². The van der Waals surface area contributed by atoms with Gasteiger partial charge in [-0.05, 0) is 42.8 Å². The van der Waals surface area contributed by atoms with Gasteiger partial charge in [-0.1, -0.05) is 42.2 Å². The molecule has 0 bridgehead atoms. The van der Waals surface area contributed by atoms with Crippen LogP contribution in [0.5, 0.6) is 11.5 Å². The number of rotatable bonds is 4. The van der Waals surface area contributed by atoms with Crippen molar-refractivity contribution in [3.05, 3.63) is 58.5 Å². The fourth-order valence-electron chi connectivity index (χ4n) is 2.58. The lowest BCUT2D eigenvalue weighted by atomic mass is 10.1. The van der Waals surface area contributed by atoms with Crippen molar-refractivity contribution in [1.82, 2.24) is 0 Å². The molecular formula is C19H17NO3S2. The average Bonchev–Trinajstić information content (AvgIpc) is 2.89. The summed E-state index contributed by atoms with van der Waals surface area (Å²) in [6, 6.07) is 13.2. The van der Waals surface area contributed by atoms with E-state index in [9.17, 15) is 4.79 Å². The highest BCUT2D eigenvalue weighted by atomic mass is 32.2. The van der Waals surface area contributed by atoms with Gasteiger partial charge in [0, 0.05) is 5.56 Å². The normalized spacial score (nSPS) is 15.8. The molecule has 25 heavy (non-hydrogen) atoms. The molecule has 0 aromatic heterocycles. The maximum atomic E-state index is 12.9. The minimum absolute atomic E-state index is 0.130. The molecule has 1 aliphatic heterocycles. The molecule has 0 saturated carbocycles. The number of ether oxygens (including phenoxy) is 2. The van der Waals surface area contributed by atoms with E-state index in [0.29, 0.717) is 20.7 Å². The summed E-state index contributed by atoms with van der Waals surface area (Å²) in [6.45, 7) is 1.96. The molecule has 3 rings (SSSR count). The monoisotopic (exact) mass is 371 g/mol. The van der Waals surface area contributed by atoms with Crippen molar-refractivity contribution in [2.75, 3.05) is 19.1 Å². The molecule has 0 atom stereocenters. The number of methoxy groups -OCH3 is 2. The highest BCUT2D eigenvalue weighted by Crippen LogP contribution is 2.38. The number of nitrogens with zero attached hydrogens (tertiary/aromatic N) is 1. The zero-order valence-corrected chi connectivity index (χ0v) is 15.7. The Kier molecular flexibility index (Phi) is 5.11. The first kappa shape index (κ1) is 17.5. The summed E-state index contributed by atoms with van der Waals surface area (Å²) in [5.41, 5.74) is 2.58. The predicted octanol–water partition coefficient (Wildman–Crippen LogP) is 4.42. The lowest BCUT2D eigenvalue weighted by Gasteiger charge is -2.16. The predicted molar refractivity (Wildman–Crippen MR) is 106 cm³/mol. The summed E-state index contributed by atoms with van der Waals surface area (Å²) < 4.78 is 11.2. The van der Waals surface area contributed by atoms with E-state index in [1.54, 1.807) is 25.2 Å². The first-order valence-electron chi connectivity index (χ1n) is 7.60. The Hall–Kier alpha value is -2.31. The molecule has 2 aromatic rings. The minimum Gasteiger partial charge on any atom is -0.497 e. The van der Waals surface area contributed by atoms with Crippen molar-refractivity contribution in [2.45, 2.75) is 6.92 Å². The number of hydrogen-bond donors (Lipinski definition) is 0. The molecule has 1 saturated heterocycles. The second-order valence-electron chi connectivity index (χ2n) is 5.41. The number of benzene rings is 2. The van der Waals surface area contributed by atoms with E-state index >= 15 is 0 Å². The van der Waals surface area contributed by atoms with Gasteiger partial charge in [0.25, 0.3) is 5.91 Å². The third-order valence-electron chi connectivity index (χ3n) is 3.87. The van der Waals surface area contributed by atoms with Crippen molar-refractivity contribution in [2.24, 2.45) is 0 Å². The molecule has 1 amide bonds. The summed E-state index contributed by atoms with van der Waals surface area (Å²) >= 11 is 6.72. The fraction of sp³-hybridized carbons (Fsp3) is 0.158. The zero-order valence-electron chi connectivity index (χ0n) is 14.1. The molecule has 0 aliphatic carbocycles. The van der Waals surface area contributed by atoms with Gasteiger partial charge in [0.05, 0.1) is 24.8 Å². The van der Waals surface area contributed by atoms with Gasteiger partial charge in [-0.2, -0.15) is 0 Å². The zero-order chi connectivity index (χ0) is 18.0. The first-order chi connectivity index (χ1) is 12.0.